The van der Waals surface area contributed by atoms with Crippen LogP contribution in [0.1, 0.15) is 16.2 Å². The van der Waals surface area contributed by atoms with Crippen molar-refractivity contribution in [2.45, 2.75) is 9.99 Å². The molecule has 0 atom stereocenters. The predicted octanol–water partition coefficient (Wildman–Crippen LogP) is 3.98. The minimum Gasteiger partial charge on any atom is -0.507 e. The van der Waals surface area contributed by atoms with E-state index in [0.717, 1.165) is 11.0 Å². The molecule has 6 nitrogen and oxygen atoms in total. The highest BCUT2D eigenvalue weighted by Gasteiger charge is 2.15. The Morgan fingerprint density at radius 3 is 2.78 bits per heavy atom. The minimum atomic E-state index is -0.483. The van der Waals surface area contributed by atoms with Gasteiger partial charge in [0.05, 0.1) is 11.8 Å². The van der Waals surface area contributed by atoms with Gasteiger partial charge in [0.15, 0.2) is 10.9 Å². The van der Waals surface area contributed by atoms with Crippen LogP contribution in [-0.4, -0.2) is 26.1 Å². The summed E-state index contributed by atoms with van der Waals surface area (Å²) < 4.78 is 5.37. The number of carbonyl (C=O) groups is 1. The summed E-state index contributed by atoms with van der Waals surface area (Å²) in [5, 5.41) is 17.3. The highest BCUT2D eigenvalue weighted by molar-refractivity contribution is 7.99. The zero-order valence-electron chi connectivity index (χ0n) is 11.6. The van der Waals surface area contributed by atoms with E-state index in [1.54, 1.807) is 18.2 Å². The van der Waals surface area contributed by atoms with Gasteiger partial charge in [-0.25, -0.2) is 4.98 Å². The first-order valence-corrected chi connectivity index (χ1v) is 7.64. The molecule has 0 unspecified atom stereocenters. The van der Waals surface area contributed by atoms with Crippen molar-refractivity contribution in [3.63, 3.8) is 0 Å². The normalized spacial score (nSPS) is 11.6. The lowest BCUT2D eigenvalue weighted by molar-refractivity contribution is 0.103. The Kier molecular flexibility index (Phi) is 4.50. The molecule has 2 heterocycles. The van der Waals surface area contributed by atoms with E-state index in [4.69, 9.17) is 16.0 Å². The number of allylic oxidation sites excluding steroid dienone is 1. The highest BCUT2D eigenvalue weighted by atomic mass is 35.5. The van der Waals surface area contributed by atoms with Gasteiger partial charge in [0.2, 0.25) is 5.78 Å². The van der Waals surface area contributed by atoms with Crippen LogP contribution in [0.3, 0.4) is 0 Å². The van der Waals surface area contributed by atoms with Gasteiger partial charge < -0.3 is 9.52 Å². The minimum absolute atomic E-state index is 0.0481. The Morgan fingerprint density at radius 2 is 2.09 bits per heavy atom. The fourth-order valence-electron chi connectivity index (χ4n) is 1.77. The highest BCUT2D eigenvalue weighted by Crippen LogP contribution is 2.34. The summed E-state index contributed by atoms with van der Waals surface area (Å²) in [6, 6.07) is 8.77. The molecule has 116 valence electrons. The number of aliphatic hydroxyl groups excluding tert-OH is 1. The Labute approximate surface area is 140 Å². The first-order valence-electron chi connectivity index (χ1n) is 6.45. The summed E-state index contributed by atoms with van der Waals surface area (Å²) in [6.07, 6.45) is 3.73. The lowest BCUT2D eigenvalue weighted by Crippen LogP contribution is -1.99. The number of ketones is 1. The van der Waals surface area contributed by atoms with Crippen molar-refractivity contribution in [3.8, 4) is 0 Å². The number of hydrogen-bond donors (Lipinski definition) is 2. The zero-order valence-corrected chi connectivity index (χ0v) is 13.1. The van der Waals surface area contributed by atoms with Crippen LogP contribution in [-0.2, 0) is 0 Å². The summed E-state index contributed by atoms with van der Waals surface area (Å²) in [7, 11) is 0. The average Bonchev–Trinajstić information content (AvgIpc) is 3.20. The number of furan rings is 1. The molecule has 0 spiro atoms. The maximum absolute atomic E-state index is 11.9. The topological polar surface area (TPSA) is 92.0 Å². The first kappa shape index (κ1) is 15.4. The second kappa shape index (κ2) is 6.72. The quantitative estimate of drug-likeness (QED) is 0.412. The lowest BCUT2D eigenvalue weighted by atomic mass is 10.2. The van der Waals surface area contributed by atoms with Gasteiger partial charge in [0.1, 0.15) is 12.1 Å². The number of H-pyrrole nitrogens is 1. The molecule has 2 aromatic heterocycles. The second-order valence-electron chi connectivity index (χ2n) is 4.41. The van der Waals surface area contributed by atoms with Gasteiger partial charge in [-0.2, -0.15) is 5.10 Å². The zero-order chi connectivity index (χ0) is 16.2. The lowest BCUT2D eigenvalue weighted by Gasteiger charge is -2.02. The van der Waals surface area contributed by atoms with E-state index >= 15 is 0 Å². The molecule has 2 N–H and O–H groups in total. The van der Waals surface area contributed by atoms with Crippen LogP contribution in [0.25, 0.3) is 5.76 Å². The van der Waals surface area contributed by atoms with Gasteiger partial charge in [-0.05, 0) is 30.3 Å². The van der Waals surface area contributed by atoms with Crippen molar-refractivity contribution in [2.75, 3.05) is 0 Å². The van der Waals surface area contributed by atoms with Gasteiger partial charge in [0.25, 0.3) is 0 Å². The third-order valence-corrected chi connectivity index (χ3v) is 4.11. The molecule has 3 rings (SSSR count). The van der Waals surface area contributed by atoms with Gasteiger partial charge in [-0.15, -0.1) is 0 Å². The number of halogens is 1. The Balaban J connectivity index is 1.82. The van der Waals surface area contributed by atoms with Crippen molar-refractivity contribution in [2.24, 2.45) is 0 Å². The Morgan fingerprint density at radius 1 is 1.30 bits per heavy atom. The largest absolute Gasteiger partial charge is 0.507 e. The van der Waals surface area contributed by atoms with E-state index in [1.165, 1.54) is 24.4 Å². The van der Waals surface area contributed by atoms with Crippen LogP contribution >= 0.6 is 23.4 Å². The summed E-state index contributed by atoms with van der Waals surface area (Å²) in [4.78, 5) is 16.5. The molecule has 0 saturated carbocycles. The maximum atomic E-state index is 11.9. The van der Waals surface area contributed by atoms with E-state index in [9.17, 15) is 9.90 Å². The second-order valence-corrected chi connectivity index (χ2v) is 5.89. The number of benzene rings is 1. The predicted molar refractivity (Wildman–Crippen MR) is 85.6 cm³/mol. The molecule has 0 aliphatic carbocycles. The van der Waals surface area contributed by atoms with Crippen LogP contribution in [0.5, 0.6) is 0 Å². The number of rotatable bonds is 5. The van der Waals surface area contributed by atoms with Crippen LogP contribution in [0.2, 0.25) is 5.02 Å². The number of nitrogens with one attached hydrogen (secondary N) is 1. The van der Waals surface area contributed by atoms with Crippen molar-refractivity contribution >= 4 is 34.9 Å². The number of nitrogens with zero attached hydrogens (tertiary/aromatic N) is 2. The number of carbonyl (C=O) groups excluding carboxylic acids is 1. The molecule has 0 amide bonds. The van der Waals surface area contributed by atoms with Crippen LogP contribution in [0, 0.1) is 0 Å². The molecule has 0 fully saturated rings. The molecular formula is C15H10ClN3O3S. The van der Waals surface area contributed by atoms with Crippen molar-refractivity contribution in [1.29, 1.82) is 0 Å². The fourth-order valence-corrected chi connectivity index (χ4v) is 2.77. The number of aliphatic hydroxyl groups is 1. The monoisotopic (exact) mass is 347 g/mol. The summed E-state index contributed by atoms with van der Waals surface area (Å²) in [6.45, 7) is 0. The molecule has 3 aromatic rings. The van der Waals surface area contributed by atoms with Crippen LogP contribution < -0.4 is 0 Å². The van der Waals surface area contributed by atoms with Gasteiger partial charge in [0, 0.05) is 16.0 Å². The average molecular weight is 348 g/mol. The van der Waals surface area contributed by atoms with Crippen LogP contribution in [0.15, 0.2) is 63.4 Å². The third kappa shape index (κ3) is 3.64. The summed E-state index contributed by atoms with van der Waals surface area (Å²) in [5.41, 5.74) is 0.415. The SMILES string of the molecule is O=C(C=C(O)c1ccoc1Sc1ccc(Cl)cc1)c1ncn[nH]1. The van der Waals surface area contributed by atoms with E-state index in [0.29, 0.717) is 15.7 Å². The Bertz CT molecular complexity index is 841. The van der Waals surface area contributed by atoms with Gasteiger partial charge >= 0.3 is 0 Å². The molecular weight excluding hydrogens is 338 g/mol. The molecule has 1 aromatic carbocycles. The van der Waals surface area contributed by atoms with Gasteiger partial charge in [-0.3, -0.25) is 9.89 Å². The standard InChI is InChI=1S/C15H10ClN3O3S/c16-9-1-3-10(4-2-9)23-15-11(5-6-22-15)12(20)7-13(21)14-17-8-18-19-14/h1-8,20H,(H,17,18,19). The number of aromatic amines is 1. The smallest absolute Gasteiger partial charge is 0.226 e. The molecule has 0 aliphatic rings. The fraction of sp³-hybridized carbons (Fsp3) is 0. The van der Waals surface area contributed by atoms with E-state index < -0.39 is 5.78 Å². The maximum Gasteiger partial charge on any atom is 0.226 e. The third-order valence-electron chi connectivity index (χ3n) is 2.85. The molecule has 8 heteroatoms. The van der Waals surface area contributed by atoms with E-state index in [1.807, 2.05) is 12.1 Å². The molecule has 0 saturated heterocycles. The molecule has 0 aliphatic heterocycles. The molecule has 0 bridgehead atoms. The van der Waals surface area contributed by atoms with E-state index in [-0.39, 0.29) is 11.6 Å². The Hall–Kier alpha value is -2.51. The molecule has 0 radical (unpaired) electrons. The number of aromatic nitrogens is 3. The first-order chi connectivity index (χ1) is 11.1. The van der Waals surface area contributed by atoms with Gasteiger partial charge in [-0.1, -0.05) is 23.4 Å². The summed E-state index contributed by atoms with van der Waals surface area (Å²) >= 11 is 7.16. The molecule has 23 heavy (non-hydrogen) atoms. The van der Waals surface area contributed by atoms with Crippen molar-refractivity contribution in [3.05, 3.63) is 65.4 Å². The van der Waals surface area contributed by atoms with Crippen LogP contribution in [0.4, 0.5) is 0 Å². The van der Waals surface area contributed by atoms with Crippen molar-refractivity contribution in [1.82, 2.24) is 15.2 Å². The number of hydrogen-bond acceptors (Lipinski definition) is 6. The summed E-state index contributed by atoms with van der Waals surface area (Å²) in [5.74, 6) is -0.646. The van der Waals surface area contributed by atoms with Crippen molar-refractivity contribution < 1.29 is 14.3 Å². The van der Waals surface area contributed by atoms with E-state index in [2.05, 4.69) is 15.2 Å².